The van der Waals surface area contributed by atoms with Crippen molar-refractivity contribution in [2.24, 2.45) is 4.99 Å². The van der Waals surface area contributed by atoms with Gasteiger partial charge in [-0.3, -0.25) is 14.6 Å². The van der Waals surface area contributed by atoms with Gasteiger partial charge in [0, 0.05) is 22.7 Å². The third-order valence-electron chi connectivity index (χ3n) is 4.82. The number of carbonyl (C=O) groups is 2. The molecule has 158 valence electrons. The zero-order chi connectivity index (χ0) is 21.9. The summed E-state index contributed by atoms with van der Waals surface area (Å²) in [5, 5.41) is 11.2. The second kappa shape index (κ2) is 8.98. The Balaban J connectivity index is 2.16. The van der Waals surface area contributed by atoms with Crippen LogP contribution in [0.25, 0.3) is 0 Å². The van der Waals surface area contributed by atoms with Crippen LogP contribution in [0.5, 0.6) is 0 Å². The molecule has 1 amide bonds. The van der Waals surface area contributed by atoms with Crippen molar-refractivity contribution in [3.63, 3.8) is 0 Å². The fourth-order valence-electron chi connectivity index (χ4n) is 3.41. The van der Waals surface area contributed by atoms with E-state index in [1.807, 2.05) is 30.3 Å². The highest BCUT2D eigenvalue weighted by Crippen LogP contribution is 2.33. The van der Waals surface area contributed by atoms with Crippen LogP contribution >= 0.6 is 11.6 Å². The molecule has 0 radical (unpaired) electrons. The maximum absolute atomic E-state index is 13.5. The minimum Gasteiger partial charge on any atom is -0.466 e. The van der Waals surface area contributed by atoms with Gasteiger partial charge in [-0.2, -0.15) is 0 Å². The van der Waals surface area contributed by atoms with Gasteiger partial charge in [0.1, 0.15) is 0 Å². The van der Waals surface area contributed by atoms with Crippen molar-refractivity contribution in [3.05, 3.63) is 64.7 Å². The molecular formula is C23H25ClN2O4. The third kappa shape index (κ3) is 4.71. The van der Waals surface area contributed by atoms with Crippen LogP contribution in [0.2, 0.25) is 5.02 Å². The van der Waals surface area contributed by atoms with Gasteiger partial charge in [-0.05, 0) is 39.0 Å². The van der Waals surface area contributed by atoms with Gasteiger partial charge in [-0.15, -0.1) is 0 Å². The summed E-state index contributed by atoms with van der Waals surface area (Å²) in [7, 11) is 0. The molecule has 1 N–H and O–H groups in total. The number of fused-ring (bicyclic) bond motifs is 1. The van der Waals surface area contributed by atoms with Gasteiger partial charge in [0.25, 0.3) is 5.91 Å². The number of ether oxygens (including phenoxy) is 1. The molecule has 1 heterocycles. The Kier molecular flexibility index (Phi) is 6.58. The first-order valence-electron chi connectivity index (χ1n) is 9.85. The van der Waals surface area contributed by atoms with Crippen LogP contribution in [0.3, 0.4) is 0 Å². The molecule has 2 aromatic carbocycles. The number of nitrogens with zero attached hydrogens (tertiary/aromatic N) is 2. The lowest BCUT2D eigenvalue weighted by molar-refractivity contribution is -0.142. The van der Waals surface area contributed by atoms with Gasteiger partial charge in [-0.25, -0.2) is 0 Å². The number of carbonyl (C=O) groups excluding carboxylic acids is 2. The minimum atomic E-state index is -1.41. The number of esters is 1. The molecule has 30 heavy (non-hydrogen) atoms. The van der Waals surface area contributed by atoms with E-state index in [2.05, 4.69) is 0 Å². The molecule has 0 aliphatic carbocycles. The molecule has 6 nitrogen and oxygen atoms in total. The number of hydrogen-bond acceptors (Lipinski definition) is 5. The van der Waals surface area contributed by atoms with Crippen molar-refractivity contribution in [1.29, 1.82) is 0 Å². The summed E-state index contributed by atoms with van der Waals surface area (Å²) in [6, 6.07) is 13.6. The van der Waals surface area contributed by atoms with Crippen molar-refractivity contribution in [2.45, 2.75) is 38.8 Å². The number of anilines is 1. The number of aliphatic hydroxyl groups is 1. The van der Waals surface area contributed by atoms with Crippen LogP contribution in [0, 0.1) is 0 Å². The van der Waals surface area contributed by atoms with Crippen LogP contribution < -0.4 is 4.90 Å². The Morgan fingerprint density at radius 1 is 1.23 bits per heavy atom. The predicted octanol–water partition coefficient (Wildman–Crippen LogP) is 3.62. The molecule has 0 saturated heterocycles. The molecule has 0 aromatic heterocycles. The summed E-state index contributed by atoms with van der Waals surface area (Å²) in [6.07, 6.45) is 0.0287. The van der Waals surface area contributed by atoms with E-state index in [4.69, 9.17) is 21.3 Å². The topological polar surface area (TPSA) is 79.2 Å². The largest absolute Gasteiger partial charge is 0.466 e. The number of rotatable bonds is 6. The fraction of sp³-hybridized carbons (Fsp3) is 0.348. The van der Waals surface area contributed by atoms with Crippen LogP contribution in [-0.2, 0) is 14.3 Å². The van der Waals surface area contributed by atoms with Crippen LogP contribution in [0.4, 0.5) is 5.69 Å². The van der Waals surface area contributed by atoms with Crippen molar-refractivity contribution < 1.29 is 19.4 Å². The highest BCUT2D eigenvalue weighted by Gasteiger charge is 2.40. The van der Waals surface area contributed by atoms with E-state index in [0.717, 1.165) is 5.56 Å². The second-order valence-electron chi connectivity index (χ2n) is 7.61. The first kappa shape index (κ1) is 22.0. The highest BCUT2D eigenvalue weighted by molar-refractivity contribution is 6.32. The highest BCUT2D eigenvalue weighted by atomic mass is 35.5. The molecule has 0 saturated carbocycles. The van der Waals surface area contributed by atoms with Crippen molar-refractivity contribution >= 4 is 34.9 Å². The summed E-state index contributed by atoms with van der Waals surface area (Å²) in [6.45, 7) is 5.21. The van der Waals surface area contributed by atoms with Crippen LogP contribution in [0.1, 0.15) is 38.3 Å². The molecule has 0 bridgehead atoms. The second-order valence-corrected chi connectivity index (χ2v) is 8.04. The summed E-state index contributed by atoms with van der Waals surface area (Å²) in [5.74, 6) is -0.782. The summed E-state index contributed by atoms with van der Waals surface area (Å²) >= 11 is 6.28. The minimum absolute atomic E-state index is 0.0287. The normalized spacial score (nSPS) is 16.6. The Morgan fingerprint density at radius 2 is 1.93 bits per heavy atom. The molecule has 0 spiro atoms. The molecule has 1 aliphatic heterocycles. The van der Waals surface area contributed by atoms with E-state index in [0.29, 0.717) is 22.0 Å². The maximum atomic E-state index is 13.5. The number of halogens is 1. The first-order valence-corrected chi connectivity index (χ1v) is 10.2. The Bertz CT molecular complexity index is 967. The molecular weight excluding hydrogens is 404 g/mol. The quantitative estimate of drug-likeness (QED) is 0.713. The molecule has 0 fully saturated rings. The average molecular weight is 429 g/mol. The van der Waals surface area contributed by atoms with Gasteiger partial charge in [0.15, 0.2) is 6.04 Å². The predicted molar refractivity (Wildman–Crippen MR) is 117 cm³/mol. The number of amides is 1. The molecule has 1 aliphatic rings. The van der Waals surface area contributed by atoms with Gasteiger partial charge in [0.05, 0.1) is 30.0 Å². The zero-order valence-electron chi connectivity index (χ0n) is 17.3. The van der Waals surface area contributed by atoms with Crippen LogP contribution in [0.15, 0.2) is 53.5 Å². The lowest BCUT2D eigenvalue weighted by Gasteiger charge is -2.30. The number of benzodiazepines with no additional fused rings is 1. The SMILES string of the molecule is CCOC(=O)CCN1C(=O)[C@H](C(C)(C)O)N=C(c2ccccc2)c2cc(Cl)ccc21. The van der Waals surface area contributed by atoms with Crippen molar-refractivity contribution in [2.75, 3.05) is 18.1 Å². The standard InChI is InChI=1S/C23H25ClN2O4/c1-4-30-19(27)12-13-26-18-11-10-16(24)14-17(18)20(15-8-6-5-7-9-15)25-21(22(26)28)23(2,3)29/h5-11,14,21,29H,4,12-13H2,1-3H3/t21-/m1/s1. The van der Waals surface area contributed by atoms with Crippen molar-refractivity contribution in [3.8, 4) is 0 Å². The van der Waals surface area contributed by atoms with Gasteiger partial charge >= 0.3 is 5.97 Å². The van der Waals surface area contributed by atoms with E-state index in [1.165, 1.54) is 4.90 Å². The smallest absolute Gasteiger partial charge is 0.307 e. The van der Waals surface area contributed by atoms with E-state index in [-0.39, 0.29) is 25.5 Å². The molecule has 3 rings (SSSR count). The van der Waals surface area contributed by atoms with Gasteiger partial charge in [-0.1, -0.05) is 41.9 Å². The lowest BCUT2D eigenvalue weighted by Crippen LogP contribution is -2.49. The first-order chi connectivity index (χ1) is 14.2. The van der Waals surface area contributed by atoms with E-state index >= 15 is 0 Å². The fourth-order valence-corrected chi connectivity index (χ4v) is 3.58. The summed E-state index contributed by atoms with van der Waals surface area (Å²) in [5.41, 5.74) is 1.20. The molecule has 0 unspecified atom stereocenters. The maximum Gasteiger partial charge on any atom is 0.307 e. The number of hydrogen-bond donors (Lipinski definition) is 1. The molecule has 1 atom stereocenters. The number of aliphatic imine (C=N–C) groups is 1. The van der Waals surface area contributed by atoms with Crippen LogP contribution in [-0.4, -0.2) is 47.5 Å². The lowest BCUT2D eigenvalue weighted by atomic mass is 9.97. The van der Waals surface area contributed by atoms with Gasteiger partial charge in [0.2, 0.25) is 0 Å². The van der Waals surface area contributed by atoms with E-state index in [9.17, 15) is 14.7 Å². The number of benzene rings is 2. The zero-order valence-corrected chi connectivity index (χ0v) is 18.0. The average Bonchev–Trinajstić information content (AvgIpc) is 2.81. The Hall–Kier alpha value is -2.70. The summed E-state index contributed by atoms with van der Waals surface area (Å²) in [4.78, 5) is 31.6. The Morgan fingerprint density at radius 3 is 2.57 bits per heavy atom. The monoisotopic (exact) mass is 428 g/mol. The van der Waals surface area contributed by atoms with Crippen molar-refractivity contribution in [1.82, 2.24) is 0 Å². The van der Waals surface area contributed by atoms with E-state index < -0.39 is 17.6 Å². The molecule has 2 aromatic rings. The summed E-state index contributed by atoms with van der Waals surface area (Å²) < 4.78 is 5.02. The van der Waals surface area contributed by atoms with E-state index in [1.54, 1.807) is 39.0 Å². The molecule has 7 heteroatoms. The van der Waals surface area contributed by atoms with Gasteiger partial charge < -0.3 is 14.7 Å². The third-order valence-corrected chi connectivity index (χ3v) is 5.06. The Labute approximate surface area is 181 Å².